The summed E-state index contributed by atoms with van der Waals surface area (Å²) in [5.74, 6) is 5.73. The van der Waals surface area contributed by atoms with Crippen LogP contribution in [-0.4, -0.2) is 31.6 Å². The van der Waals surface area contributed by atoms with Crippen LogP contribution in [0.4, 0.5) is 0 Å². The molecule has 1 N–H and O–H groups in total. The van der Waals surface area contributed by atoms with E-state index in [0.29, 0.717) is 19.6 Å². The van der Waals surface area contributed by atoms with Gasteiger partial charge in [-0.2, -0.15) is 0 Å². The van der Waals surface area contributed by atoms with Crippen molar-refractivity contribution in [1.82, 2.24) is 5.32 Å². The van der Waals surface area contributed by atoms with Crippen molar-refractivity contribution in [2.75, 3.05) is 19.8 Å². The van der Waals surface area contributed by atoms with E-state index in [1.165, 1.54) is 0 Å². The molecule has 0 bridgehead atoms. The molecule has 2 unspecified atom stereocenters. The Kier molecular flexibility index (Phi) is 4.64. The molecule has 1 aliphatic rings. The fourth-order valence-electron chi connectivity index (χ4n) is 1.64. The average molecular weight is 195 g/mol. The standard InChI is InChI=1S/C11H17NO2/c1-3-5-6-11(13)9-7-14-8-10(9)12-4-2/h9-10,12H,4,6-8H2,1-2H3. The van der Waals surface area contributed by atoms with Gasteiger partial charge in [0.1, 0.15) is 0 Å². The molecule has 0 aromatic rings. The van der Waals surface area contributed by atoms with Crippen LogP contribution in [-0.2, 0) is 9.53 Å². The maximum absolute atomic E-state index is 11.7. The summed E-state index contributed by atoms with van der Waals surface area (Å²) in [4.78, 5) is 11.7. The average Bonchev–Trinajstić information content (AvgIpc) is 2.63. The van der Waals surface area contributed by atoms with Crippen LogP contribution in [0.2, 0.25) is 0 Å². The molecule has 3 heteroatoms. The van der Waals surface area contributed by atoms with Crippen LogP contribution < -0.4 is 5.32 Å². The SMILES string of the molecule is CC#CCC(=O)C1COCC1NCC. The quantitative estimate of drug-likeness (QED) is 0.667. The zero-order valence-electron chi connectivity index (χ0n) is 8.80. The van der Waals surface area contributed by atoms with Crippen LogP contribution in [0, 0.1) is 17.8 Å². The highest BCUT2D eigenvalue weighted by atomic mass is 16.5. The molecule has 0 aliphatic carbocycles. The van der Waals surface area contributed by atoms with Gasteiger partial charge in [0.2, 0.25) is 0 Å². The minimum atomic E-state index is -0.00389. The van der Waals surface area contributed by atoms with Crippen LogP contribution in [0.25, 0.3) is 0 Å². The third-order valence-corrected chi connectivity index (χ3v) is 2.40. The maximum atomic E-state index is 11.7. The van der Waals surface area contributed by atoms with Gasteiger partial charge in [-0.3, -0.25) is 4.79 Å². The molecule has 0 radical (unpaired) electrons. The molecule has 1 aliphatic heterocycles. The van der Waals surface area contributed by atoms with Crippen LogP contribution in [0.5, 0.6) is 0 Å². The normalized spacial score (nSPS) is 25.6. The van der Waals surface area contributed by atoms with E-state index in [-0.39, 0.29) is 17.7 Å². The number of carbonyl (C=O) groups is 1. The fraction of sp³-hybridized carbons (Fsp3) is 0.727. The third-order valence-electron chi connectivity index (χ3n) is 2.40. The van der Waals surface area contributed by atoms with Gasteiger partial charge in [-0.1, -0.05) is 12.8 Å². The molecular weight excluding hydrogens is 178 g/mol. The lowest BCUT2D eigenvalue weighted by molar-refractivity contribution is -0.122. The number of likely N-dealkylation sites (N-methyl/N-ethyl adjacent to an activating group) is 1. The Morgan fingerprint density at radius 2 is 2.36 bits per heavy atom. The number of ether oxygens (including phenoxy) is 1. The Morgan fingerprint density at radius 1 is 1.57 bits per heavy atom. The van der Waals surface area contributed by atoms with Gasteiger partial charge in [-0.25, -0.2) is 0 Å². The second-order valence-corrected chi connectivity index (χ2v) is 3.38. The van der Waals surface area contributed by atoms with Gasteiger partial charge in [0, 0.05) is 6.04 Å². The lowest BCUT2D eigenvalue weighted by Crippen LogP contribution is -2.39. The number of Topliss-reactive ketones (excluding diaryl/α,β-unsaturated/α-hetero) is 1. The topological polar surface area (TPSA) is 38.3 Å². The molecule has 1 fully saturated rings. The molecule has 0 amide bonds. The number of hydrogen-bond acceptors (Lipinski definition) is 3. The lowest BCUT2D eigenvalue weighted by Gasteiger charge is -2.15. The van der Waals surface area contributed by atoms with Gasteiger partial charge in [-0.05, 0) is 13.5 Å². The first-order valence-corrected chi connectivity index (χ1v) is 5.03. The summed E-state index contributed by atoms with van der Waals surface area (Å²) in [6, 6.07) is 0.186. The van der Waals surface area contributed by atoms with Crippen LogP contribution in [0.3, 0.4) is 0 Å². The van der Waals surface area contributed by atoms with E-state index in [4.69, 9.17) is 4.74 Å². The minimum absolute atomic E-state index is 0.00389. The Morgan fingerprint density at radius 3 is 3.00 bits per heavy atom. The highest BCUT2D eigenvalue weighted by molar-refractivity contribution is 5.84. The highest BCUT2D eigenvalue weighted by Crippen LogP contribution is 2.15. The summed E-state index contributed by atoms with van der Waals surface area (Å²) in [7, 11) is 0. The van der Waals surface area contributed by atoms with E-state index in [2.05, 4.69) is 17.2 Å². The third kappa shape index (κ3) is 2.83. The Hall–Kier alpha value is -0.850. The fourth-order valence-corrected chi connectivity index (χ4v) is 1.64. The predicted octanol–water partition coefficient (Wildman–Crippen LogP) is 0.593. The molecule has 0 spiro atoms. The monoisotopic (exact) mass is 195 g/mol. The summed E-state index contributed by atoms with van der Waals surface area (Å²) < 4.78 is 5.29. The maximum Gasteiger partial charge on any atom is 0.151 e. The first-order valence-electron chi connectivity index (χ1n) is 5.03. The smallest absolute Gasteiger partial charge is 0.151 e. The van der Waals surface area contributed by atoms with E-state index in [9.17, 15) is 4.79 Å². The molecular formula is C11H17NO2. The second kappa shape index (κ2) is 5.79. The predicted molar refractivity (Wildman–Crippen MR) is 54.8 cm³/mol. The minimum Gasteiger partial charge on any atom is -0.379 e. The van der Waals surface area contributed by atoms with Gasteiger partial charge in [0.25, 0.3) is 0 Å². The van der Waals surface area contributed by atoms with Gasteiger partial charge in [0.05, 0.1) is 25.6 Å². The molecule has 0 saturated carbocycles. The molecule has 0 aromatic heterocycles. The van der Waals surface area contributed by atoms with E-state index < -0.39 is 0 Å². The zero-order chi connectivity index (χ0) is 10.4. The lowest BCUT2D eigenvalue weighted by atomic mass is 9.96. The molecule has 14 heavy (non-hydrogen) atoms. The summed E-state index contributed by atoms with van der Waals surface area (Å²) in [5.41, 5.74) is 0. The zero-order valence-corrected chi connectivity index (χ0v) is 8.80. The van der Waals surface area contributed by atoms with Gasteiger partial charge < -0.3 is 10.1 Å². The van der Waals surface area contributed by atoms with Crippen molar-refractivity contribution in [3.05, 3.63) is 0 Å². The van der Waals surface area contributed by atoms with Gasteiger partial charge in [-0.15, -0.1) is 5.92 Å². The Balaban J connectivity index is 2.47. The molecule has 1 saturated heterocycles. The molecule has 78 valence electrons. The molecule has 0 aromatic carbocycles. The van der Waals surface area contributed by atoms with Crippen molar-refractivity contribution in [1.29, 1.82) is 0 Å². The van der Waals surface area contributed by atoms with Crippen LogP contribution in [0.15, 0.2) is 0 Å². The van der Waals surface area contributed by atoms with Gasteiger partial charge in [0.15, 0.2) is 5.78 Å². The number of rotatable bonds is 4. The van der Waals surface area contributed by atoms with Crippen molar-refractivity contribution in [2.45, 2.75) is 26.3 Å². The number of ketones is 1. The summed E-state index contributed by atoms with van der Waals surface area (Å²) in [6.45, 7) is 5.84. The number of carbonyl (C=O) groups excluding carboxylic acids is 1. The van der Waals surface area contributed by atoms with Crippen molar-refractivity contribution >= 4 is 5.78 Å². The second-order valence-electron chi connectivity index (χ2n) is 3.38. The summed E-state index contributed by atoms with van der Waals surface area (Å²) in [5, 5.41) is 3.26. The van der Waals surface area contributed by atoms with Crippen molar-refractivity contribution in [2.24, 2.45) is 5.92 Å². The van der Waals surface area contributed by atoms with E-state index >= 15 is 0 Å². The van der Waals surface area contributed by atoms with Crippen molar-refractivity contribution < 1.29 is 9.53 Å². The summed E-state index contributed by atoms with van der Waals surface area (Å²) >= 11 is 0. The molecule has 1 heterocycles. The Bertz CT molecular complexity index is 252. The van der Waals surface area contributed by atoms with E-state index in [1.807, 2.05) is 6.92 Å². The number of hydrogen-bond donors (Lipinski definition) is 1. The number of nitrogens with one attached hydrogen (secondary N) is 1. The van der Waals surface area contributed by atoms with Gasteiger partial charge >= 0.3 is 0 Å². The largest absolute Gasteiger partial charge is 0.379 e. The van der Waals surface area contributed by atoms with Crippen LogP contribution >= 0.6 is 0 Å². The van der Waals surface area contributed by atoms with E-state index in [0.717, 1.165) is 6.54 Å². The molecule has 3 nitrogen and oxygen atoms in total. The van der Waals surface area contributed by atoms with Crippen LogP contribution in [0.1, 0.15) is 20.3 Å². The first-order chi connectivity index (χ1) is 6.79. The van der Waals surface area contributed by atoms with Crippen molar-refractivity contribution in [3.63, 3.8) is 0 Å². The Labute approximate surface area is 85.2 Å². The van der Waals surface area contributed by atoms with E-state index in [1.54, 1.807) is 6.92 Å². The molecule has 2 atom stereocenters. The summed E-state index contributed by atoms with van der Waals surface area (Å²) in [6.07, 6.45) is 0.354. The molecule has 1 rings (SSSR count). The van der Waals surface area contributed by atoms with Crippen molar-refractivity contribution in [3.8, 4) is 11.8 Å². The highest BCUT2D eigenvalue weighted by Gasteiger charge is 2.32. The first kappa shape index (κ1) is 11.2.